The first-order valence-electron chi connectivity index (χ1n) is 9.92. The van der Waals surface area contributed by atoms with Gasteiger partial charge in [-0.05, 0) is 58.7 Å². The predicted molar refractivity (Wildman–Crippen MR) is 126 cm³/mol. The molecule has 2 fully saturated rings. The zero-order chi connectivity index (χ0) is 22.0. The summed E-state index contributed by atoms with van der Waals surface area (Å²) in [6.07, 6.45) is -0.375. The number of benzene rings is 1. The van der Waals surface area contributed by atoms with Crippen LogP contribution in [-0.4, -0.2) is 60.0 Å². The number of ether oxygens (including phenoxy) is 1. The zero-order valence-corrected chi connectivity index (χ0v) is 20.1. The van der Waals surface area contributed by atoms with Gasteiger partial charge in [0.25, 0.3) is 5.91 Å². The number of amides is 3. The van der Waals surface area contributed by atoms with Gasteiger partial charge in [-0.2, -0.15) is 11.8 Å². The zero-order valence-electron chi connectivity index (χ0n) is 16.9. The molecule has 2 aromatic rings. The number of halogens is 1. The first-order valence-corrected chi connectivity index (χ1v) is 12.7. The minimum atomic E-state index is -0.578. The minimum absolute atomic E-state index is 0.0413. The topological polar surface area (TPSA) is 79.0 Å². The number of carbonyl (C=O) groups excluding carboxylic acids is 3. The standard InChI is InChI=1S/C21H22BrN3O4S2/c1-13-10-15(2-3-16(13)20(27)24-6-8-30-9-7-24)25-12-14(11-18(25)26)23-21(28)29-19-5-4-17(22)31-19/h2-5,10,14H,6-9,11-12H2,1H3,(H,23,28). The Labute approximate surface area is 197 Å². The third-order valence-corrected chi connectivity index (χ3v) is 7.68. The molecule has 1 unspecified atom stereocenters. The lowest BCUT2D eigenvalue weighted by Gasteiger charge is -2.27. The van der Waals surface area contributed by atoms with Gasteiger partial charge < -0.3 is 19.9 Å². The fourth-order valence-corrected chi connectivity index (χ4v) is 5.78. The Morgan fingerprint density at radius 2 is 1.97 bits per heavy atom. The van der Waals surface area contributed by atoms with Crippen LogP contribution in [0.4, 0.5) is 10.5 Å². The van der Waals surface area contributed by atoms with Crippen molar-refractivity contribution in [3.8, 4) is 5.06 Å². The molecule has 1 atom stereocenters. The first kappa shape index (κ1) is 22.2. The van der Waals surface area contributed by atoms with E-state index >= 15 is 0 Å². The van der Waals surface area contributed by atoms with Gasteiger partial charge in [0.1, 0.15) is 0 Å². The molecule has 10 heteroatoms. The average Bonchev–Trinajstić information content (AvgIpc) is 3.32. The van der Waals surface area contributed by atoms with E-state index in [1.165, 1.54) is 11.3 Å². The van der Waals surface area contributed by atoms with Gasteiger partial charge in [-0.1, -0.05) is 11.3 Å². The van der Waals surface area contributed by atoms with E-state index in [1.807, 2.05) is 29.7 Å². The van der Waals surface area contributed by atoms with E-state index in [0.29, 0.717) is 17.2 Å². The van der Waals surface area contributed by atoms with Crippen molar-refractivity contribution in [2.24, 2.45) is 0 Å². The number of hydrogen-bond acceptors (Lipinski definition) is 6. The number of rotatable bonds is 4. The summed E-state index contributed by atoms with van der Waals surface area (Å²) < 4.78 is 6.13. The number of aryl methyl sites for hydroxylation is 1. The smallest absolute Gasteiger partial charge is 0.399 e. The lowest BCUT2D eigenvalue weighted by Crippen LogP contribution is -2.39. The molecule has 0 aliphatic carbocycles. The Hall–Kier alpha value is -2.04. The molecule has 3 amide bonds. The number of thiophene rings is 1. The Morgan fingerprint density at radius 3 is 2.65 bits per heavy atom. The normalized spacial score (nSPS) is 18.9. The van der Waals surface area contributed by atoms with Crippen molar-refractivity contribution in [2.75, 3.05) is 36.0 Å². The van der Waals surface area contributed by atoms with Crippen LogP contribution in [0.25, 0.3) is 0 Å². The molecule has 2 aliphatic rings. The van der Waals surface area contributed by atoms with Crippen LogP contribution in [0.3, 0.4) is 0 Å². The highest BCUT2D eigenvalue weighted by Crippen LogP contribution is 2.29. The minimum Gasteiger partial charge on any atom is -0.399 e. The lowest BCUT2D eigenvalue weighted by atomic mass is 10.1. The van der Waals surface area contributed by atoms with E-state index in [2.05, 4.69) is 21.2 Å². The second kappa shape index (κ2) is 9.62. The summed E-state index contributed by atoms with van der Waals surface area (Å²) in [5.41, 5.74) is 2.24. The molecule has 0 radical (unpaired) electrons. The second-order valence-corrected chi connectivity index (χ2v) is 11.1. The summed E-state index contributed by atoms with van der Waals surface area (Å²) in [5, 5.41) is 3.24. The van der Waals surface area contributed by atoms with Crippen molar-refractivity contribution < 1.29 is 19.1 Å². The highest BCUT2D eigenvalue weighted by Gasteiger charge is 2.32. The van der Waals surface area contributed by atoms with Gasteiger partial charge in [-0.25, -0.2) is 4.79 Å². The van der Waals surface area contributed by atoms with Crippen LogP contribution < -0.4 is 15.0 Å². The highest BCUT2D eigenvalue weighted by atomic mass is 79.9. The van der Waals surface area contributed by atoms with Gasteiger partial charge in [-0.3, -0.25) is 9.59 Å². The van der Waals surface area contributed by atoms with E-state index in [9.17, 15) is 14.4 Å². The summed E-state index contributed by atoms with van der Waals surface area (Å²) in [5.74, 6) is 1.90. The van der Waals surface area contributed by atoms with E-state index in [4.69, 9.17) is 4.74 Å². The molecule has 1 N–H and O–H groups in total. The molecule has 0 saturated carbocycles. The quantitative estimate of drug-likeness (QED) is 0.657. The van der Waals surface area contributed by atoms with Crippen molar-refractivity contribution >= 4 is 62.6 Å². The van der Waals surface area contributed by atoms with Crippen molar-refractivity contribution in [1.29, 1.82) is 0 Å². The maximum atomic E-state index is 12.8. The van der Waals surface area contributed by atoms with Crippen molar-refractivity contribution in [2.45, 2.75) is 19.4 Å². The van der Waals surface area contributed by atoms with Crippen LogP contribution in [-0.2, 0) is 4.79 Å². The summed E-state index contributed by atoms with van der Waals surface area (Å²) >= 11 is 6.50. The highest BCUT2D eigenvalue weighted by molar-refractivity contribution is 9.11. The molecule has 31 heavy (non-hydrogen) atoms. The largest absolute Gasteiger partial charge is 0.413 e. The molecule has 7 nitrogen and oxygen atoms in total. The van der Waals surface area contributed by atoms with Gasteiger partial charge >= 0.3 is 6.09 Å². The van der Waals surface area contributed by atoms with Crippen molar-refractivity contribution in [3.05, 3.63) is 45.2 Å². The first-order chi connectivity index (χ1) is 14.9. The number of hydrogen-bond donors (Lipinski definition) is 1. The van der Waals surface area contributed by atoms with Gasteiger partial charge in [0.2, 0.25) is 5.91 Å². The predicted octanol–water partition coefficient (Wildman–Crippen LogP) is 3.90. The van der Waals surface area contributed by atoms with E-state index in [0.717, 1.165) is 39.6 Å². The third-order valence-electron chi connectivity index (χ3n) is 5.24. The molecular formula is C21H22BrN3O4S2. The Bertz CT molecular complexity index is 1010. The Balaban J connectivity index is 1.39. The molecule has 1 aromatic carbocycles. The molecule has 164 valence electrons. The van der Waals surface area contributed by atoms with Crippen LogP contribution in [0.15, 0.2) is 34.1 Å². The molecule has 0 spiro atoms. The third kappa shape index (κ3) is 5.24. The second-order valence-electron chi connectivity index (χ2n) is 7.40. The molecule has 3 heterocycles. The summed E-state index contributed by atoms with van der Waals surface area (Å²) in [6.45, 7) is 3.78. The lowest BCUT2D eigenvalue weighted by molar-refractivity contribution is -0.117. The number of carbonyl (C=O) groups is 3. The van der Waals surface area contributed by atoms with Gasteiger partial charge in [0.15, 0.2) is 5.06 Å². The molecule has 2 saturated heterocycles. The Morgan fingerprint density at radius 1 is 1.19 bits per heavy atom. The number of nitrogens with one attached hydrogen (secondary N) is 1. The Kier molecular flexibility index (Phi) is 6.88. The van der Waals surface area contributed by atoms with Crippen LogP contribution in [0.2, 0.25) is 0 Å². The van der Waals surface area contributed by atoms with E-state index in [-0.39, 0.29) is 24.3 Å². The molecule has 2 aliphatic heterocycles. The monoisotopic (exact) mass is 523 g/mol. The van der Waals surface area contributed by atoms with Crippen LogP contribution in [0.1, 0.15) is 22.3 Å². The van der Waals surface area contributed by atoms with Crippen LogP contribution in [0.5, 0.6) is 5.06 Å². The maximum Gasteiger partial charge on any atom is 0.413 e. The maximum absolute atomic E-state index is 12.8. The molecule has 4 rings (SSSR count). The fraction of sp³-hybridized carbons (Fsp3) is 0.381. The van der Waals surface area contributed by atoms with Crippen molar-refractivity contribution in [1.82, 2.24) is 10.2 Å². The van der Waals surface area contributed by atoms with Crippen LogP contribution in [0, 0.1) is 6.92 Å². The summed E-state index contributed by atoms with van der Waals surface area (Å²) in [7, 11) is 0. The van der Waals surface area contributed by atoms with Gasteiger partial charge in [0.05, 0.1) is 9.83 Å². The fourth-order valence-electron chi connectivity index (χ4n) is 3.69. The summed E-state index contributed by atoms with van der Waals surface area (Å²) in [6, 6.07) is 8.64. The van der Waals surface area contributed by atoms with Gasteiger partial charge in [-0.15, -0.1) is 0 Å². The van der Waals surface area contributed by atoms with Crippen LogP contribution >= 0.6 is 39.0 Å². The summed E-state index contributed by atoms with van der Waals surface area (Å²) in [4.78, 5) is 41.0. The molecule has 0 bridgehead atoms. The SMILES string of the molecule is Cc1cc(N2CC(NC(=O)Oc3ccc(Br)s3)CC2=O)ccc1C(=O)N1CCSCC1. The molecule has 1 aromatic heterocycles. The van der Waals surface area contributed by atoms with Gasteiger partial charge in [0, 0.05) is 48.8 Å². The van der Waals surface area contributed by atoms with Crippen molar-refractivity contribution in [3.63, 3.8) is 0 Å². The number of anilines is 1. The average molecular weight is 524 g/mol. The number of nitrogens with zero attached hydrogens (tertiary/aromatic N) is 2. The number of thioether (sulfide) groups is 1. The molecular weight excluding hydrogens is 502 g/mol. The van der Waals surface area contributed by atoms with E-state index < -0.39 is 6.09 Å². The van der Waals surface area contributed by atoms with E-state index in [1.54, 1.807) is 29.2 Å².